The minimum absolute atomic E-state index is 0.583. The summed E-state index contributed by atoms with van der Waals surface area (Å²) in [5.41, 5.74) is 60.5. The van der Waals surface area contributed by atoms with Crippen LogP contribution in [0, 0.1) is 245 Å². The van der Waals surface area contributed by atoms with Crippen molar-refractivity contribution in [3.8, 4) is 0 Å². The Morgan fingerprint density at radius 3 is 0.836 bits per heavy atom. The molecule has 2 fully saturated rings. The number of rotatable bonds is 7. The third-order valence-corrected chi connectivity index (χ3v) is 34.1. The standard InChI is InChI=1S/C20H28.2C18H26.C16H30.C15H25N.2C14H22/c1-10(2)18-15(7)16(8)19-13(5)11(3)12(4)14(6)20(19)17(18)9;1-9(2)16-13(6)14(7)17-11(4)10(3)12(5)18(17)15(16)8;1-9(2)16-14(7)17-12(5)10(3)11(4)13(6)18(17)15(16)8;1-8(2)14-12(6)15-10(4)9(3)11(5)16(15)13(14)7;1-8(2)16-12(6)14-10(4)9(3)11(5)15(14)13(16)7;2*1-8(2)14-12(6)10(4)9(3)11(5)13(14)7/h10H,1-9H3;9,12H,1-8H3;9,14H,1-8H3;8-16H,1-7H3;8-11H,1-7H3;2*8H,1-7H3. The summed E-state index contributed by atoms with van der Waals surface area (Å²) in [6.45, 7) is 123. The topological polar surface area (TPSA) is 4.93 Å². The summed E-state index contributed by atoms with van der Waals surface area (Å²) in [4.78, 5) is 0. The van der Waals surface area contributed by atoms with Crippen LogP contribution in [0.15, 0.2) is 11.1 Å². The Morgan fingerprint density at radius 2 is 0.491 bits per heavy atom. The molecule has 116 heavy (non-hydrogen) atoms. The van der Waals surface area contributed by atoms with E-state index in [0.29, 0.717) is 47.5 Å². The van der Waals surface area contributed by atoms with Crippen LogP contribution < -0.4 is 0 Å². The minimum Gasteiger partial charge on any atom is -0.346 e. The van der Waals surface area contributed by atoms with Crippen LogP contribution in [-0.2, 0) is 0 Å². The summed E-state index contributed by atoms with van der Waals surface area (Å²) in [6.07, 6.45) is 0. The number of benzene rings is 6. The van der Waals surface area contributed by atoms with Gasteiger partial charge in [0.2, 0.25) is 0 Å². The predicted molar refractivity (Wildman–Crippen MR) is 524 cm³/mol. The molecule has 2 saturated carbocycles. The first-order chi connectivity index (χ1) is 53.3. The van der Waals surface area contributed by atoms with Crippen LogP contribution in [-0.4, -0.2) is 4.57 Å². The average molecular weight is 1580 g/mol. The lowest BCUT2D eigenvalue weighted by molar-refractivity contribution is 0.178. The van der Waals surface area contributed by atoms with E-state index in [1.165, 1.54) is 167 Å². The van der Waals surface area contributed by atoms with Crippen molar-refractivity contribution >= 4 is 21.9 Å². The first-order valence-corrected chi connectivity index (χ1v) is 46.7. The molecule has 5 aliphatic rings. The smallest absolute Gasteiger partial charge is 0.0279 e. The van der Waals surface area contributed by atoms with E-state index in [2.05, 4.69) is 372 Å². The van der Waals surface area contributed by atoms with Gasteiger partial charge in [0.05, 0.1) is 0 Å². The van der Waals surface area contributed by atoms with Crippen molar-refractivity contribution in [2.45, 2.75) is 420 Å². The Kier molecular flexibility index (Phi) is 32.6. The van der Waals surface area contributed by atoms with E-state index < -0.39 is 0 Å². The van der Waals surface area contributed by atoms with Gasteiger partial charge in [0.15, 0.2) is 0 Å². The third-order valence-electron chi connectivity index (χ3n) is 34.1. The zero-order chi connectivity index (χ0) is 89.4. The maximum absolute atomic E-state index is 2.53. The van der Waals surface area contributed by atoms with E-state index in [0.717, 1.165) is 71.0 Å². The highest BCUT2D eigenvalue weighted by atomic mass is 15.0. The van der Waals surface area contributed by atoms with Crippen molar-refractivity contribution in [3.05, 3.63) is 212 Å². The monoisotopic (exact) mass is 1570 g/mol. The first kappa shape index (κ1) is 99.2. The number of aryl methyl sites for hydroxylation is 4. The van der Waals surface area contributed by atoms with Gasteiger partial charge in [0.25, 0.3) is 0 Å². The van der Waals surface area contributed by atoms with Crippen LogP contribution in [0.1, 0.15) is 441 Å². The van der Waals surface area contributed by atoms with Crippen molar-refractivity contribution in [2.24, 2.45) is 65.1 Å². The highest BCUT2D eigenvalue weighted by Gasteiger charge is 2.57. The molecule has 7 aromatic rings. The maximum Gasteiger partial charge on any atom is 0.0279 e. The zero-order valence-electron chi connectivity index (χ0n) is 86.0. The highest BCUT2D eigenvalue weighted by molar-refractivity contribution is 5.97. The van der Waals surface area contributed by atoms with Gasteiger partial charge in [0, 0.05) is 29.3 Å². The number of allylic oxidation sites excluding steroid dienone is 4. The van der Waals surface area contributed by atoms with E-state index in [4.69, 9.17) is 0 Å². The molecule has 0 bridgehead atoms. The zero-order valence-corrected chi connectivity index (χ0v) is 86.0. The number of hydrogen-bond acceptors (Lipinski definition) is 0. The van der Waals surface area contributed by atoms with Gasteiger partial charge in [-0.05, 0) is 526 Å². The molecule has 12 rings (SSSR count). The van der Waals surface area contributed by atoms with Crippen LogP contribution in [0.4, 0.5) is 0 Å². The highest BCUT2D eigenvalue weighted by Crippen LogP contribution is 2.62. The van der Waals surface area contributed by atoms with Crippen LogP contribution in [0.5, 0.6) is 0 Å². The lowest BCUT2D eigenvalue weighted by atomic mass is 9.75. The number of aromatic nitrogens is 1. The van der Waals surface area contributed by atoms with Crippen molar-refractivity contribution < 1.29 is 0 Å². The Bertz CT molecular complexity index is 4660. The molecule has 0 saturated heterocycles. The van der Waals surface area contributed by atoms with Gasteiger partial charge in [0.1, 0.15) is 0 Å². The summed E-state index contributed by atoms with van der Waals surface area (Å²) in [7, 11) is 0. The molecular formula is C115H179N. The van der Waals surface area contributed by atoms with Gasteiger partial charge < -0.3 is 4.57 Å². The summed E-state index contributed by atoms with van der Waals surface area (Å²) < 4.78 is 2.52. The molecule has 0 aliphatic heterocycles. The molecule has 10 atom stereocenters. The molecule has 1 heterocycles. The van der Waals surface area contributed by atoms with Gasteiger partial charge >= 0.3 is 0 Å². The fourth-order valence-electron chi connectivity index (χ4n) is 26.0. The third kappa shape index (κ3) is 17.6. The lowest BCUT2D eigenvalue weighted by Crippen LogP contribution is -2.25. The van der Waals surface area contributed by atoms with Crippen LogP contribution in [0.2, 0.25) is 0 Å². The fourth-order valence-corrected chi connectivity index (χ4v) is 26.0. The van der Waals surface area contributed by atoms with E-state index in [9.17, 15) is 0 Å². The molecule has 0 spiro atoms. The quantitative estimate of drug-likeness (QED) is 0.150. The predicted octanol–water partition coefficient (Wildman–Crippen LogP) is 35.2. The number of fused-ring (bicyclic) bond motifs is 5. The van der Waals surface area contributed by atoms with Crippen LogP contribution in [0.25, 0.3) is 21.9 Å². The lowest BCUT2D eigenvalue weighted by Gasteiger charge is -2.31. The largest absolute Gasteiger partial charge is 0.346 e. The first-order valence-electron chi connectivity index (χ1n) is 46.7. The van der Waals surface area contributed by atoms with E-state index >= 15 is 0 Å². The molecule has 1 nitrogen and oxygen atoms in total. The molecule has 0 N–H and O–H groups in total. The van der Waals surface area contributed by atoms with Gasteiger partial charge in [-0.15, -0.1) is 0 Å². The summed E-state index contributed by atoms with van der Waals surface area (Å²) in [5.74, 6) is 15.1. The second-order valence-corrected chi connectivity index (χ2v) is 41.8. The second kappa shape index (κ2) is 38.2. The van der Waals surface area contributed by atoms with E-state index in [-0.39, 0.29) is 0 Å². The van der Waals surface area contributed by atoms with Crippen LogP contribution >= 0.6 is 0 Å². The van der Waals surface area contributed by atoms with Gasteiger partial charge in [-0.3, -0.25) is 0 Å². The minimum atomic E-state index is 0.583. The van der Waals surface area contributed by atoms with Crippen molar-refractivity contribution in [1.29, 1.82) is 0 Å². The number of hydrogen-bond donors (Lipinski definition) is 0. The summed E-state index contributed by atoms with van der Waals surface area (Å²) in [5, 5.41) is 2.99. The van der Waals surface area contributed by atoms with Crippen molar-refractivity contribution in [2.75, 3.05) is 0 Å². The Hall–Kier alpha value is -5.66. The molecule has 6 aromatic carbocycles. The average Bonchev–Trinajstić information content (AvgIpc) is 1.35. The Balaban J connectivity index is 0.000000211. The van der Waals surface area contributed by atoms with Gasteiger partial charge in [-0.2, -0.15) is 0 Å². The fraction of sp³-hybridized carbons (Fsp3) is 0.635. The van der Waals surface area contributed by atoms with Gasteiger partial charge in [-0.25, -0.2) is 0 Å². The van der Waals surface area contributed by atoms with Crippen molar-refractivity contribution in [1.82, 2.24) is 4.57 Å². The second-order valence-electron chi connectivity index (χ2n) is 41.8. The van der Waals surface area contributed by atoms with Crippen molar-refractivity contribution in [3.63, 3.8) is 0 Å². The van der Waals surface area contributed by atoms with E-state index in [1.54, 1.807) is 66.8 Å². The SMILES string of the molecule is CC(C)C1C(C)C2C(C)C(C)C(C)C2C1C.CC1=C(C(C)C)C(C)c2c(C)c(C)c(C)c(C)c21.CC1=C(C)C(C)c2c(C)c(C(C)C)c(C)c(C)c21.Cc1c(C)c(C)c(C(C)C)c(C)c1C.Cc1c(C)c(C)c(C(C)C)c(C)c1C.Cc1c(C)c(C)c2c(C)c(C(C)C)c(C)c(C)c2c1C.Cc1c2c(c(C)n1C(C)C)C(C)C(C)C2C. The normalized spacial score (nSPS) is 22.4. The Morgan fingerprint density at radius 1 is 0.224 bits per heavy atom. The van der Waals surface area contributed by atoms with E-state index in [1.807, 2.05) is 0 Å². The molecule has 5 aliphatic carbocycles. The molecule has 10 unspecified atom stereocenters. The van der Waals surface area contributed by atoms with Crippen LogP contribution in [0.3, 0.4) is 0 Å². The molecular weight excluding hydrogens is 1400 g/mol. The molecule has 1 heteroatoms. The molecule has 0 radical (unpaired) electrons. The molecule has 644 valence electrons. The maximum atomic E-state index is 2.53. The number of nitrogens with zero attached hydrogens (tertiary/aromatic N) is 1. The summed E-state index contributed by atoms with van der Waals surface area (Å²) >= 11 is 0. The molecule has 0 amide bonds. The van der Waals surface area contributed by atoms with Gasteiger partial charge in [-0.1, -0.05) is 163 Å². The summed E-state index contributed by atoms with van der Waals surface area (Å²) in [6, 6.07) is 0.584. The molecule has 1 aromatic heterocycles. The Labute approximate surface area is 719 Å².